The molecule has 1 aromatic heterocycles. The largest absolute Gasteiger partial charge is 0.341 e. The van der Waals surface area contributed by atoms with Crippen LogP contribution in [0.1, 0.15) is 18.5 Å². The molecule has 1 aliphatic heterocycles. The van der Waals surface area contributed by atoms with Crippen LogP contribution < -0.4 is 10.6 Å². The third kappa shape index (κ3) is 4.03. The lowest BCUT2D eigenvalue weighted by Gasteiger charge is -2.30. The number of aromatic amines is 1. The van der Waals surface area contributed by atoms with E-state index < -0.39 is 29.6 Å². The van der Waals surface area contributed by atoms with E-state index in [1.54, 1.807) is 55.6 Å². The van der Waals surface area contributed by atoms with Gasteiger partial charge in [-0.3, -0.25) is 9.89 Å². The number of hydrogen-bond donors (Lipinski definition) is 3. The first-order valence-corrected chi connectivity index (χ1v) is 10.5. The predicted molar refractivity (Wildman–Crippen MR) is 124 cm³/mol. The van der Waals surface area contributed by atoms with Crippen molar-refractivity contribution in [3.05, 3.63) is 84.1 Å². The molecule has 0 spiro atoms. The van der Waals surface area contributed by atoms with Crippen LogP contribution in [0.2, 0.25) is 0 Å². The molecule has 4 aromatic rings. The zero-order chi connectivity index (χ0) is 23.8. The summed E-state index contributed by atoms with van der Waals surface area (Å²) in [4.78, 5) is 29.5. The number of nitrogens with zero attached hydrogens (tertiary/aromatic N) is 2. The standard InChI is InChI=1S/C25H19F2N5O2/c1-13-22(24(33)30-18-6-8-21-16(10-18)12-28-32-21)23(31-25(34)29-13)15-4-2-3-14(9-15)19-7-5-17(26)11-20(19)27/h2-12,22-23H,1H3,(H,28,32)(H,30,33)(H,31,34). The lowest BCUT2D eigenvalue weighted by Crippen LogP contribution is -2.45. The molecule has 7 nitrogen and oxygen atoms in total. The second-order valence-electron chi connectivity index (χ2n) is 8.07. The molecule has 3 amide bonds. The van der Waals surface area contributed by atoms with E-state index in [9.17, 15) is 18.4 Å². The van der Waals surface area contributed by atoms with Gasteiger partial charge in [0.15, 0.2) is 0 Å². The number of hydrogen-bond acceptors (Lipinski definition) is 3. The summed E-state index contributed by atoms with van der Waals surface area (Å²) in [7, 11) is 0. The predicted octanol–water partition coefficient (Wildman–Crippen LogP) is 4.99. The van der Waals surface area contributed by atoms with Crippen LogP contribution in [0.5, 0.6) is 0 Å². The molecule has 0 bridgehead atoms. The number of halogens is 2. The van der Waals surface area contributed by atoms with Gasteiger partial charge in [0, 0.05) is 28.4 Å². The van der Waals surface area contributed by atoms with Gasteiger partial charge in [-0.1, -0.05) is 18.2 Å². The number of urea groups is 1. The normalized spacial score (nSPS) is 17.9. The van der Waals surface area contributed by atoms with Crippen molar-refractivity contribution >= 4 is 34.2 Å². The average Bonchev–Trinajstić information content (AvgIpc) is 3.26. The second-order valence-corrected chi connectivity index (χ2v) is 8.07. The number of aromatic nitrogens is 2. The van der Waals surface area contributed by atoms with Crippen LogP contribution in [-0.2, 0) is 4.79 Å². The van der Waals surface area contributed by atoms with Crippen molar-refractivity contribution < 1.29 is 18.4 Å². The van der Waals surface area contributed by atoms with Crippen LogP contribution in [-0.4, -0.2) is 27.8 Å². The summed E-state index contributed by atoms with van der Waals surface area (Å²) in [6, 6.07) is 14.2. The van der Waals surface area contributed by atoms with Gasteiger partial charge < -0.3 is 10.6 Å². The highest BCUT2D eigenvalue weighted by Crippen LogP contribution is 2.32. The molecule has 3 N–H and O–H groups in total. The first-order chi connectivity index (χ1) is 16.4. The third-order valence-electron chi connectivity index (χ3n) is 5.82. The van der Waals surface area contributed by atoms with Gasteiger partial charge in [-0.15, -0.1) is 0 Å². The first kappa shape index (κ1) is 21.4. The molecule has 2 atom stereocenters. The molecule has 34 heavy (non-hydrogen) atoms. The summed E-state index contributed by atoms with van der Waals surface area (Å²) in [5.74, 6) is -2.53. The monoisotopic (exact) mass is 459 g/mol. The van der Waals surface area contributed by atoms with E-state index in [-0.39, 0.29) is 11.5 Å². The molecular formula is C25H19F2N5O2. The Labute approximate surface area is 192 Å². The maximum absolute atomic E-state index is 14.4. The van der Waals surface area contributed by atoms with Crippen molar-refractivity contribution in [2.75, 3.05) is 5.32 Å². The molecule has 5 rings (SSSR count). The summed E-state index contributed by atoms with van der Waals surface area (Å²) in [5.41, 5.74) is 3.07. The van der Waals surface area contributed by atoms with Crippen LogP contribution >= 0.6 is 0 Å². The van der Waals surface area contributed by atoms with Gasteiger partial charge in [-0.05, 0) is 54.4 Å². The van der Waals surface area contributed by atoms with E-state index in [0.717, 1.165) is 17.0 Å². The molecule has 0 radical (unpaired) electrons. The number of carbonyl (C=O) groups is 2. The zero-order valence-electron chi connectivity index (χ0n) is 18.0. The van der Waals surface area contributed by atoms with Crippen LogP contribution in [0.25, 0.3) is 22.0 Å². The minimum Gasteiger partial charge on any atom is -0.328 e. The molecule has 0 fully saturated rings. The molecule has 0 aliphatic carbocycles. The number of carbonyl (C=O) groups excluding carboxylic acids is 2. The number of anilines is 1. The van der Waals surface area contributed by atoms with E-state index >= 15 is 0 Å². The van der Waals surface area contributed by atoms with Gasteiger partial charge in [0.2, 0.25) is 5.91 Å². The Hall–Kier alpha value is -4.40. The van der Waals surface area contributed by atoms with E-state index in [0.29, 0.717) is 22.5 Å². The molecule has 170 valence electrons. The molecular weight excluding hydrogens is 440 g/mol. The van der Waals surface area contributed by atoms with Crippen molar-refractivity contribution in [1.82, 2.24) is 15.5 Å². The number of H-pyrrole nitrogens is 1. The second kappa shape index (κ2) is 8.51. The Morgan fingerprint density at radius 2 is 1.91 bits per heavy atom. The lowest BCUT2D eigenvalue weighted by atomic mass is 9.86. The van der Waals surface area contributed by atoms with Crippen molar-refractivity contribution in [3.63, 3.8) is 0 Å². The van der Waals surface area contributed by atoms with Crippen molar-refractivity contribution in [2.24, 2.45) is 10.9 Å². The Morgan fingerprint density at radius 1 is 1.06 bits per heavy atom. The number of nitrogens with one attached hydrogen (secondary N) is 3. The van der Waals surface area contributed by atoms with Crippen LogP contribution in [0.15, 0.2) is 71.9 Å². The van der Waals surface area contributed by atoms with Gasteiger partial charge in [0.25, 0.3) is 0 Å². The minimum atomic E-state index is -0.800. The summed E-state index contributed by atoms with van der Waals surface area (Å²) < 4.78 is 27.7. The molecule has 2 unspecified atom stereocenters. The Morgan fingerprint density at radius 3 is 2.74 bits per heavy atom. The smallest absolute Gasteiger partial charge is 0.328 e. The minimum absolute atomic E-state index is 0.213. The highest BCUT2D eigenvalue weighted by Gasteiger charge is 2.37. The summed E-state index contributed by atoms with van der Waals surface area (Å²) in [5, 5.41) is 13.3. The van der Waals surface area contributed by atoms with Crippen molar-refractivity contribution in [3.8, 4) is 11.1 Å². The maximum Gasteiger partial charge on any atom is 0.341 e. The fraction of sp³-hybridized carbons (Fsp3) is 0.120. The first-order valence-electron chi connectivity index (χ1n) is 10.5. The van der Waals surface area contributed by atoms with E-state index in [1.165, 1.54) is 12.1 Å². The topological polar surface area (TPSA) is 99.2 Å². The number of rotatable bonds is 4. The van der Waals surface area contributed by atoms with Crippen molar-refractivity contribution in [1.29, 1.82) is 0 Å². The average molecular weight is 459 g/mol. The van der Waals surface area contributed by atoms with E-state index in [4.69, 9.17) is 0 Å². The Bertz CT molecular complexity index is 1460. The zero-order valence-corrected chi connectivity index (χ0v) is 18.0. The molecule has 3 aromatic carbocycles. The van der Waals surface area contributed by atoms with E-state index in [2.05, 4.69) is 25.8 Å². The van der Waals surface area contributed by atoms with Gasteiger partial charge in [-0.25, -0.2) is 18.6 Å². The van der Waals surface area contributed by atoms with Gasteiger partial charge in [-0.2, -0.15) is 5.10 Å². The fourth-order valence-corrected chi connectivity index (χ4v) is 4.20. The third-order valence-corrected chi connectivity index (χ3v) is 5.82. The molecule has 0 saturated heterocycles. The molecule has 2 heterocycles. The summed E-state index contributed by atoms with van der Waals surface area (Å²) in [6.07, 6.45) is 1.65. The summed E-state index contributed by atoms with van der Waals surface area (Å²) >= 11 is 0. The quantitative estimate of drug-likeness (QED) is 0.401. The highest BCUT2D eigenvalue weighted by molar-refractivity contribution is 6.13. The van der Waals surface area contributed by atoms with Crippen molar-refractivity contribution in [2.45, 2.75) is 13.0 Å². The lowest BCUT2D eigenvalue weighted by molar-refractivity contribution is -0.118. The fourth-order valence-electron chi connectivity index (χ4n) is 4.20. The van der Waals surface area contributed by atoms with Gasteiger partial charge in [0.05, 0.1) is 17.8 Å². The van der Waals surface area contributed by atoms with Crippen LogP contribution in [0.3, 0.4) is 0 Å². The number of amides is 3. The molecule has 0 saturated carbocycles. The van der Waals surface area contributed by atoms with Crippen LogP contribution in [0.4, 0.5) is 19.3 Å². The SMILES string of the molecule is CC1=NC(=O)NC(c2cccc(-c3ccc(F)cc3F)c2)C1C(=O)Nc1ccc2[nH]ncc2c1. The highest BCUT2D eigenvalue weighted by atomic mass is 19.1. The number of fused-ring (bicyclic) bond motifs is 1. The van der Waals surface area contributed by atoms with Crippen LogP contribution in [0, 0.1) is 17.6 Å². The van der Waals surface area contributed by atoms with Gasteiger partial charge in [0.1, 0.15) is 17.6 Å². The number of aliphatic imine (C=N–C) groups is 1. The Kier molecular flexibility index (Phi) is 5.37. The molecule has 1 aliphatic rings. The number of benzene rings is 3. The van der Waals surface area contributed by atoms with Gasteiger partial charge >= 0.3 is 6.03 Å². The Balaban J connectivity index is 1.48. The molecule has 9 heteroatoms. The van der Waals surface area contributed by atoms with E-state index in [1.807, 2.05) is 0 Å². The maximum atomic E-state index is 14.4. The summed E-state index contributed by atoms with van der Waals surface area (Å²) in [6.45, 7) is 1.62.